The molecule has 0 radical (unpaired) electrons. The predicted molar refractivity (Wildman–Crippen MR) is 76.4 cm³/mol. The molecule has 1 heterocycles. The van der Waals surface area contributed by atoms with Crippen LogP contribution in [0.4, 0.5) is 5.69 Å². The van der Waals surface area contributed by atoms with Gasteiger partial charge in [-0.05, 0) is 24.1 Å². The van der Waals surface area contributed by atoms with Crippen LogP contribution in [0.2, 0.25) is 0 Å². The van der Waals surface area contributed by atoms with Gasteiger partial charge in [0.1, 0.15) is 0 Å². The SMILES string of the molecule is CCCn1cc(-c2cccc(NS(C)(=O)=O)c2)cn1. The van der Waals surface area contributed by atoms with E-state index < -0.39 is 10.0 Å². The molecule has 5 nitrogen and oxygen atoms in total. The molecule has 2 rings (SSSR count). The molecule has 0 fully saturated rings. The Kier molecular flexibility index (Phi) is 3.90. The van der Waals surface area contributed by atoms with E-state index in [2.05, 4.69) is 16.7 Å². The molecule has 0 aliphatic rings. The van der Waals surface area contributed by atoms with E-state index in [1.807, 2.05) is 23.0 Å². The molecule has 0 saturated carbocycles. The first-order valence-corrected chi connectivity index (χ1v) is 7.98. The normalized spacial score (nSPS) is 11.5. The first kappa shape index (κ1) is 13.6. The number of nitrogens with zero attached hydrogens (tertiary/aromatic N) is 2. The average molecular weight is 279 g/mol. The second-order valence-electron chi connectivity index (χ2n) is 4.45. The average Bonchev–Trinajstić information content (AvgIpc) is 2.76. The highest BCUT2D eigenvalue weighted by Gasteiger charge is 2.05. The monoisotopic (exact) mass is 279 g/mol. The lowest BCUT2D eigenvalue weighted by molar-refractivity contribution is 0.603. The number of anilines is 1. The van der Waals surface area contributed by atoms with Crippen LogP contribution < -0.4 is 4.72 Å². The highest BCUT2D eigenvalue weighted by atomic mass is 32.2. The highest BCUT2D eigenvalue weighted by molar-refractivity contribution is 7.92. The molecule has 0 bridgehead atoms. The Morgan fingerprint density at radius 1 is 1.32 bits per heavy atom. The van der Waals surface area contributed by atoms with E-state index in [-0.39, 0.29) is 0 Å². The fraction of sp³-hybridized carbons (Fsp3) is 0.308. The molecule has 1 N–H and O–H groups in total. The third-order valence-corrected chi connectivity index (χ3v) is 3.19. The number of sulfonamides is 1. The van der Waals surface area contributed by atoms with Gasteiger partial charge in [-0.25, -0.2) is 8.42 Å². The lowest BCUT2D eigenvalue weighted by Crippen LogP contribution is -2.09. The van der Waals surface area contributed by atoms with Crippen LogP contribution in [0.15, 0.2) is 36.7 Å². The Labute approximate surface area is 113 Å². The van der Waals surface area contributed by atoms with Gasteiger partial charge in [-0.1, -0.05) is 19.1 Å². The minimum absolute atomic E-state index is 0.559. The molecule has 0 aliphatic carbocycles. The van der Waals surface area contributed by atoms with Crippen molar-refractivity contribution >= 4 is 15.7 Å². The lowest BCUT2D eigenvalue weighted by Gasteiger charge is -2.05. The molecule has 6 heteroatoms. The maximum Gasteiger partial charge on any atom is 0.229 e. The first-order valence-electron chi connectivity index (χ1n) is 6.08. The first-order chi connectivity index (χ1) is 8.98. The number of aromatic nitrogens is 2. The minimum atomic E-state index is -3.25. The number of benzene rings is 1. The van der Waals surface area contributed by atoms with Crippen LogP contribution in [0.1, 0.15) is 13.3 Å². The Morgan fingerprint density at radius 2 is 2.11 bits per heavy atom. The molecule has 0 saturated heterocycles. The topological polar surface area (TPSA) is 64.0 Å². The Balaban J connectivity index is 2.27. The zero-order chi connectivity index (χ0) is 13.9. The van der Waals surface area contributed by atoms with Crippen LogP contribution in [-0.4, -0.2) is 24.5 Å². The van der Waals surface area contributed by atoms with Crippen LogP contribution in [0.5, 0.6) is 0 Å². The summed E-state index contributed by atoms with van der Waals surface area (Å²) in [6.07, 6.45) is 5.91. The lowest BCUT2D eigenvalue weighted by atomic mass is 10.1. The second-order valence-corrected chi connectivity index (χ2v) is 6.20. The number of nitrogens with one attached hydrogen (secondary N) is 1. The third-order valence-electron chi connectivity index (χ3n) is 2.59. The van der Waals surface area contributed by atoms with Gasteiger partial charge in [0.25, 0.3) is 0 Å². The van der Waals surface area contributed by atoms with Gasteiger partial charge in [0.2, 0.25) is 10.0 Å². The van der Waals surface area contributed by atoms with Crippen LogP contribution in [0.25, 0.3) is 11.1 Å². The standard InChI is InChI=1S/C13H17N3O2S/c1-3-7-16-10-12(9-14-16)11-5-4-6-13(8-11)15-19(2,17)18/h4-6,8-10,15H,3,7H2,1-2H3. The minimum Gasteiger partial charge on any atom is -0.284 e. The van der Waals surface area contributed by atoms with Crippen molar-refractivity contribution in [3.05, 3.63) is 36.7 Å². The summed E-state index contributed by atoms with van der Waals surface area (Å²) >= 11 is 0. The van der Waals surface area contributed by atoms with Gasteiger partial charge in [0.05, 0.1) is 12.5 Å². The van der Waals surface area contributed by atoms with E-state index in [9.17, 15) is 8.42 Å². The largest absolute Gasteiger partial charge is 0.284 e. The van der Waals surface area contributed by atoms with Crippen molar-refractivity contribution in [2.75, 3.05) is 11.0 Å². The van der Waals surface area contributed by atoms with E-state index in [0.717, 1.165) is 30.3 Å². The predicted octanol–water partition coefficient (Wildman–Crippen LogP) is 2.33. The molecule has 102 valence electrons. The quantitative estimate of drug-likeness (QED) is 0.913. The molecule has 0 amide bonds. The van der Waals surface area contributed by atoms with E-state index in [4.69, 9.17) is 0 Å². The Bertz CT molecular complexity index is 662. The van der Waals surface area contributed by atoms with Gasteiger partial charge in [0.15, 0.2) is 0 Å². The highest BCUT2D eigenvalue weighted by Crippen LogP contribution is 2.22. The van der Waals surface area contributed by atoms with Crippen molar-refractivity contribution in [3.63, 3.8) is 0 Å². The fourth-order valence-corrected chi connectivity index (χ4v) is 2.40. The maximum absolute atomic E-state index is 11.2. The van der Waals surface area contributed by atoms with Crippen molar-refractivity contribution in [2.45, 2.75) is 19.9 Å². The third kappa shape index (κ3) is 3.82. The van der Waals surface area contributed by atoms with Crippen molar-refractivity contribution in [1.82, 2.24) is 9.78 Å². The van der Waals surface area contributed by atoms with E-state index in [1.165, 1.54) is 0 Å². The molecular weight excluding hydrogens is 262 g/mol. The van der Waals surface area contributed by atoms with Crippen molar-refractivity contribution in [3.8, 4) is 11.1 Å². The van der Waals surface area contributed by atoms with Crippen molar-refractivity contribution in [1.29, 1.82) is 0 Å². The summed E-state index contributed by atoms with van der Waals surface area (Å²) in [7, 11) is -3.25. The van der Waals surface area contributed by atoms with Gasteiger partial charge >= 0.3 is 0 Å². The summed E-state index contributed by atoms with van der Waals surface area (Å²) in [6.45, 7) is 2.97. The molecule has 19 heavy (non-hydrogen) atoms. The summed E-state index contributed by atoms with van der Waals surface area (Å²) in [5, 5.41) is 4.26. The van der Waals surface area contributed by atoms with Crippen molar-refractivity contribution in [2.24, 2.45) is 0 Å². The molecule has 1 aromatic heterocycles. The van der Waals surface area contributed by atoms with Gasteiger partial charge in [-0.15, -0.1) is 0 Å². The number of rotatable bonds is 5. The molecule has 0 unspecified atom stereocenters. The molecule has 1 aromatic carbocycles. The van der Waals surface area contributed by atoms with Crippen LogP contribution >= 0.6 is 0 Å². The maximum atomic E-state index is 11.2. The number of hydrogen-bond acceptors (Lipinski definition) is 3. The van der Waals surface area contributed by atoms with Crippen molar-refractivity contribution < 1.29 is 8.42 Å². The van der Waals surface area contributed by atoms with Gasteiger partial charge < -0.3 is 0 Å². The number of aryl methyl sites for hydroxylation is 1. The molecule has 0 spiro atoms. The van der Waals surface area contributed by atoms with E-state index in [1.54, 1.807) is 18.3 Å². The second kappa shape index (κ2) is 5.44. The summed E-state index contributed by atoms with van der Waals surface area (Å²) < 4.78 is 26.8. The molecule has 2 aromatic rings. The number of hydrogen-bond donors (Lipinski definition) is 1. The zero-order valence-corrected chi connectivity index (χ0v) is 11.8. The van der Waals surface area contributed by atoms with Crippen LogP contribution in [-0.2, 0) is 16.6 Å². The zero-order valence-electron chi connectivity index (χ0n) is 11.0. The van der Waals surface area contributed by atoms with E-state index in [0.29, 0.717) is 5.69 Å². The Hall–Kier alpha value is -1.82. The molecule has 0 aliphatic heterocycles. The fourth-order valence-electron chi connectivity index (χ4n) is 1.84. The molecular formula is C13H17N3O2S. The van der Waals surface area contributed by atoms with Gasteiger partial charge in [0, 0.05) is 24.0 Å². The van der Waals surface area contributed by atoms with Gasteiger partial charge in [-0.2, -0.15) is 5.10 Å². The summed E-state index contributed by atoms with van der Waals surface area (Å²) in [4.78, 5) is 0. The summed E-state index contributed by atoms with van der Waals surface area (Å²) in [5.74, 6) is 0. The van der Waals surface area contributed by atoms with E-state index >= 15 is 0 Å². The molecule has 0 atom stereocenters. The van der Waals surface area contributed by atoms with Crippen LogP contribution in [0.3, 0.4) is 0 Å². The summed E-state index contributed by atoms with van der Waals surface area (Å²) in [6, 6.07) is 7.27. The summed E-state index contributed by atoms with van der Waals surface area (Å²) in [5.41, 5.74) is 2.48. The van der Waals surface area contributed by atoms with Crippen LogP contribution in [0, 0.1) is 0 Å². The van der Waals surface area contributed by atoms with Gasteiger partial charge in [-0.3, -0.25) is 9.40 Å². The smallest absolute Gasteiger partial charge is 0.229 e. The Morgan fingerprint density at radius 3 is 2.79 bits per heavy atom.